The summed E-state index contributed by atoms with van der Waals surface area (Å²) in [5.41, 5.74) is 0. The molecule has 0 aliphatic rings. The quantitative estimate of drug-likeness (QED) is 0.212. The van der Waals surface area contributed by atoms with E-state index in [4.69, 9.17) is 38.6 Å². The summed E-state index contributed by atoms with van der Waals surface area (Å²) in [7, 11) is 0.582. The van der Waals surface area contributed by atoms with E-state index in [2.05, 4.69) is 0 Å². The van der Waals surface area contributed by atoms with E-state index in [0.29, 0.717) is 26.4 Å². The molecule has 8 atom stereocenters. The van der Waals surface area contributed by atoms with Crippen LogP contribution in [0.15, 0.2) is 0 Å². The second kappa shape index (κ2) is 18.4. The molecule has 0 rings (SSSR count). The van der Waals surface area contributed by atoms with Crippen molar-refractivity contribution in [2.45, 2.75) is 103 Å². The lowest BCUT2D eigenvalue weighted by atomic mass is 10.2. The first-order valence-corrected chi connectivity index (χ1v) is 12.2. The predicted molar refractivity (Wildman–Crippen MR) is 125 cm³/mol. The van der Waals surface area contributed by atoms with Gasteiger partial charge in [-0.3, -0.25) is 0 Å². The number of aliphatic hydroxyl groups is 4. The van der Waals surface area contributed by atoms with Crippen molar-refractivity contribution >= 4 is 17.8 Å². The molecule has 0 aliphatic carbocycles. The van der Waals surface area contributed by atoms with Gasteiger partial charge < -0.3 is 43.7 Å². The second-order valence-electron chi connectivity index (χ2n) is 8.53. The van der Waals surface area contributed by atoms with E-state index < -0.39 is 33.3 Å². The largest absolute Gasteiger partial charge is 0.485 e. The molecular weight excluding hydrogens is 423 g/mol. The zero-order valence-corrected chi connectivity index (χ0v) is 22.3. The van der Waals surface area contributed by atoms with Gasteiger partial charge in [-0.1, -0.05) is 0 Å². The van der Waals surface area contributed by atoms with Gasteiger partial charge in [0.05, 0.1) is 74.4 Å². The van der Waals surface area contributed by atoms with Crippen molar-refractivity contribution in [3.63, 3.8) is 0 Å². The molecule has 188 valence electrons. The van der Waals surface area contributed by atoms with Gasteiger partial charge >= 0.3 is 0 Å². The third-order valence-corrected chi connectivity index (χ3v) is 5.86. The molecule has 0 radical (unpaired) electrons. The maximum Gasteiger partial charge on any atom is 0.242 e. The van der Waals surface area contributed by atoms with Crippen molar-refractivity contribution in [2.75, 3.05) is 26.4 Å². The topological polar surface area (TPSA) is 127 Å². The Hall–Kier alpha value is -0.0782. The van der Waals surface area contributed by atoms with Gasteiger partial charge in [-0.05, 0) is 55.4 Å². The van der Waals surface area contributed by atoms with Crippen molar-refractivity contribution < 1.29 is 43.7 Å². The molecule has 0 aromatic rings. The number of hydrogen-bond acceptors (Lipinski definition) is 9. The van der Waals surface area contributed by atoms with Gasteiger partial charge in [0.15, 0.2) is 9.76 Å². The van der Waals surface area contributed by atoms with E-state index >= 15 is 0 Å². The minimum Gasteiger partial charge on any atom is -0.485 e. The van der Waals surface area contributed by atoms with E-state index in [9.17, 15) is 5.11 Å². The van der Waals surface area contributed by atoms with Crippen LogP contribution in [0.4, 0.5) is 0 Å². The average Bonchev–Trinajstić information content (AvgIpc) is 2.67. The summed E-state index contributed by atoms with van der Waals surface area (Å²) >= 11 is 0. The lowest BCUT2D eigenvalue weighted by Crippen LogP contribution is -2.46. The third-order valence-electron chi connectivity index (χ3n) is 4.41. The molecular formula is C20H47BO9Si. The van der Waals surface area contributed by atoms with Crippen molar-refractivity contribution in [1.29, 1.82) is 0 Å². The SMILES string of the molecule is BO[SiH2]C(C)(O)C(C)OCC(C)OCC(C)O.CC(O)COC(C)COC(C)C(C)O. The van der Waals surface area contributed by atoms with Crippen molar-refractivity contribution in [3.8, 4) is 0 Å². The summed E-state index contributed by atoms with van der Waals surface area (Å²) in [4.78, 5) is 0. The molecule has 0 amide bonds. The third kappa shape index (κ3) is 20.3. The number of aliphatic hydroxyl groups excluding tert-OH is 3. The molecule has 0 aliphatic heterocycles. The van der Waals surface area contributed by atoms with Crippen LogP contribution in [0.2, 0.25) is 0 Å². The molecule has 0 aromatic carbocycles. The highest BCUT2D eigenvalue weighted by atomic mass is 28.2. The maximum atomic E-state index is 10.0. The summed E-state index contributed by atoms with van der Waals surface area (Å²) in [5.74, 6) is 0. The minimum atomic E-state index is -1.02. The fourth-order valence-corrected chi connectivity index (χ4v) is 2.94. The zero-order valence-electron chi connectivity index (χ0n) is 20.9. The molecule has 8 unspecified atom stereocenters. The summed E-state index contributed by atoms with van der Waals surface area (Å²) in [6.07, 6.45) is -2.04. The van der Waals surface area contributed by atoms with Crippen molar-refractivity contribution in [2.24, 2.45) is 0 Å². The van der Waals surface area contributed by atoms with Crippen LogP contribution >= 0.6 is 0 Å². The highest BCUT2D eigenvalue weighted by molar-refractivity contribution is 6.37. The van der Waals surface area contributed by atoms with Gasteiger partial charge in [0.1, 0.15) is 0 Å². The molecule has 9 nitrogen and oxygen atoms in total. The first-order chi connectivity index (χ1) is 14.2. The molecule has 0 saturated carbocycles. The normalized spacial score (nSPS) is 20.8. The first kappa shape index (κ1) is 33.1. The summed E-state index contributed by atoms with van der Waals surface area (Å²) in [6.45, 7) is 15.6. The Labute approximate surface area is 191 Å². The van der Waals surface area contributed by atoms with Gasteiger partial charge in [0.25, 0.3) is 0 Å². The Bertz CT molecular complexity index is 414. The summed E-state index contributed by atoms with van der Waals surface area (Å²) in [5, 5.41) is 36.3. The van der Waals surface area contributed by atoms with E-state index in [1.165, 1.54) is 0 Å². The van der Waals surface area contributed by atoms with Crippen LogP contribution in [0.25, 0.3) is 0 Å². The minimum absolute atomic E-state index is 0.0641. The van der Waals surface area contributed by atoms with E-state index in [-0.39, 0.29) is 24.4 Å². The van der Waals surface area contributed by atoms with Crippen LogP contribution in [-0.2, 0) is 23.3 Å². The zero-order chi connectivity index (χ0) is 24.6. The molecule has 0 spiro atoms. The first-order valence-electron chi connectivity index (χ1n) is 10.9. The Balaban J connectivity index is 0. The van der Waals surface area contributed by atoms with Crippen LogP contribution in [0.1, 0.15) is 55.4 Å². The summed E-state index contributed by atoms with van der Waals surface area (Å²) < 4.78 is 26.6. The predicted octanol–water partition coefficient (Wildman–Crippen LogP) is -0.907. The maximum absolute atomic E-state index is 10.0. The molecule has 11 heteroatoms. The Morgan fingerprint density at radius 1 is 0.742 bits per heavy atom. The van der Waals surface area contributed by atoms with Crippen LogP contribution < -0.4 is 0 Å². The molecule has 0 fully saturated rings. The van der Waals surface area contributed by atoms with Crippen molar-refractivity contribution in [1.82, 2.24) is 0 Å². The lowest BCUT2D eigenvalue weighted by Gasteiger charge is -2.30. The fraction of sp³-hybridized carbons (Fsp3) is 1.00. The van der Waals surface area contributed by atoms with E-state index in [0.717, 1.165) is 0 Å². The van der Waals surface area contributed by atoms with E-state index in [1.807, 2.05) is 27.7 Å². The molecule has 4 N–H and O–H groups in total. The number of ether oxygens (including phenoxy) is 4. The Kier molecular flexibility index (Phi) is 19.6. The van der Waals surface area contributed by atoms with Gasteiger partial charge in [-0.25, -0.2) is 0 Å². The molecule has 0 aromatic heterocycles. The lowest BCUT2D eigenvalue weighted by molar-refractivity contribution is -0.0918. The van der Waals surface area contributed by atoms with Crippen LogP contribution in [0.5, 0.6) is 0 Å². The summed E-state index contributed by atoms with van der Waals surface area (Å²) in [6, 6.07) is 0. The van der Waals surface area contributed by atoms with Crippen LogP contribution in [-0.4, -0.2) is 113 Å². The highest BCUT2D eigenvalue weighted by Crippen LogP contribution is 2.12. The van der Waals surface area contributed by atoms with Gasteiger partial charge in [0.2, 0.25) is 8.05 Å². The van der Waals surface area contributed by atoms with Crippen LogP contribution in [0, 0.1) is 0 Å². The molecule has 0 heterocycles. The van der Waals surface area contributed by atoms with Gasteiger partial charge in [0, 0.05) is 0 Å². The Morgan fingerprint density at radius 2 is 1.16 bits per heavy atom. The van der Waals surface area contributed by atoms with Gasteiger partial charge in [-0.15, -0.1) is 0 Å². The monoisotopic (exact) mass is 470 g/mol. The fourth-order valence-electron chi connectivity index (χ4n) is 2.00. The number of rotatable bonds is 16. The smallest absolute Gasteiger partial charge is 0.242 e. The van der Waals surface area contributed by atoms with E-state index in [1.54, 1.807) is 35.7 Å². The average molecular weight is 470 g/mol. The van der Waals surface area contributed by atoms with Crippen molar-refractivity contribution in [3.05, 3.63) is 0 Å². The van der Waals surface area contributed by atoms with Gasteiger partial charge in [-0.2, -0.15) is 0 Å². The van der Waals surface area contributed by atoms with Crippen LogP contribution in [0.3, 0.4) is 0 Å². The molecule has 31 heavy (non-hydrogen) atoms. The number of hydrogen-bond donors (Lipinski definition) is 4. The molecule has 0 bridgehead atoms. The Morgan fingerprint density at radius 3 is 1.52 bits per heavy atom. The highest BCUT2D eigenvalue weighted by Gasteiger charge is 2.30. The molecule has 0 saturated heterocycles. The second-order valence-corrected chi connectivity index (χ2v) is 10.8. The standard InChI is InChI=1S/C10H25BO5Si.C10H22O4/c1-7(12)5-14-8(2)6-15-9(3)10(4,13)17-16-11;1-7(11)5-13-8(2)6-14-10(4)9(3)12/h7-9,12-13H,5-6,11,17H2,1-4H3;7-12H,5-6H2,1-4H3.